The molecule has 2 N–H and O–H groups in total. The predicted molar refractivity (Wildman–Crippen MR) is 143 cm³/mol. The molecular formula is C28H25N3O5S. The highest BCUT2D eigenvalue weighted by molar-refractivity contribution is 7.92. The van der Waals surface area contributed by atoms with Crippen molar-refractivity contribution in [1.29, 1.82) is 0 Å². The molecular weight excluding hydrogens is 490 g/mol. The molecule has 9 heteroatoms. The van der Waals surface area contributed by atoms with Crippen LogP contribution in [-0.4, -0.2) is 26.8 Å². The standard InChI is InChI=1S/C28H25N3O5S/c1-21(32)29-22-12-14-23(15-13-22)30-28(33)20-31(37(34,35)27-10-6-3-7-11-27)24-16-18-26(19-17-24)36-25-8-4-2-5-9-25/h2-19H,20H2,1H3,(H,29,32)(H,30,33). The molecule has 4 aromatic carbocycles. The van der Waals surface area contributed by atoms with Gasteiger partial charge in [0.1, 0.15) is 18.0 Å². The molecule has 8 nitrogen and oxygen atoms in total. The minimum Gasteiger partial charge on any atom is -0.457 e. The molecule has 0 aliphatic carbocycles. The fraction of sp³-hybridized carbons (Fsp3) is 0.0714. The van der Waals surface area contributed by atoms with E-state index in [-0.39, 0.29) is 10.8 Å². The number of para-hydroxylation sites is 1. The number of amides is 2. The van der Waals surface area contributed by atoms with Gasteiger partial charge in [-0.2, -0.15) is 0 Å². The van der Waals surface area contributed by atoms with Gasteiger partial charge in [-0.25, -0.2) is 8.42 Å². The van der Waals surface area contributed by atoms with Crippen LogP contribution in [0.4, 0.5) is 17.1 Å². The van der Waals surface area contributed by atoms with Gasteiger partial charge in [-0.1, -0.05) is 36.4 Å². The Labute approximate surface area is 215 Å². The lowest BCUT2D eigenvalue weighted by atomic mass is 10.2. The number of anilines is 3. The van der Waals surface area contributed by atoms with Crippen LogP contribution in [0.5, 0.6) is 11.5 Å². The molecule has 0 heterocycles. The molecule has 37 heavy (non-hydrogen) atoms. The number of hydrogen-bond acceptors (Lipinski definition) is 5. The Bertz CT molecular complexity index is 1460. The number of rotatable bonds is 9. The van der Waals surface area contributed by atoms with Crippen LogP contribution in [-0.2, 0) is 19.6 Å². The van der Waals surface area contributed by atoms with Gasteiger partial charge in [0, 0.05) is 18.3 Å². The zero-order valence-electron chi connectivity index (χ0n) is 20.0. The number of benzene rings is 4. The summed E-state index contributed by atoms with van der Waals surface area (Å²) >= 11 is 0. The Morgan fingerprint density at radius 1 is 0.703 bits per heavy atom. The normalized spacial score (nSPS) is 10.8. The van der Waals surface area contributed by atoms with Crippen molar-refractivity contribution in [2.45, 2.75) is 11.8 Å². The summed E-state index contributed by atoms with van der Waals surface area (Å²) in [6.45, 7) is 0.946. The zero-order valence-corrected chi connectivity index (χ0v) is 20.8. The van der Waals surface area contributed by atoms with Crippen molar-refractivity contribution >= 4 is 38.9 Å². The van der Waals surface area contributed by atoms with Crippen LogP contribution in [0.3, 0.4) is 0 Å². The number of ether oxygens (including phenoxy) is 1. The number of carbonyl (C=O) groups is 2. The van der Waals surface area contributed by atoms with Gasteiger partial charge in [0.25, 0.3) is 10.0 Å². The van der Waals surface area contributed by atoms with Gasteiger partial charge in [0.05, 0.1) is 10.6 Å². The summed E-state index contributed by atoms with van der Waals surface area (Å²) in [6, 6.07) is 30.1. The van der Waals surface area contributed by atoms with Crippen LogP contribution >= 0.6 is 0 Å². The monoisotopic (exact) mass is 515 g/mol. The molecule has 0 saturated heterocycles. The molecule has 4 rings (SSSR count). The van der Waals surface area contributed by atoms with E-state index in [2.05, 4.69) is 10.6 Å². The Balaban J connectivity index is 1.56. The first-order valence-electron chi connectivity index (χ1n) is 11.4. The SMILES string of the molecule is CC(=O)Nc1ccc(NC(=O)CN(c2ccc(Oc3ccccc3)cc2)S(=O)(=O)c2ccccc2)cc1. The summed E-state index contributed by atoms with van der Waals surface area (Å²) in [4.78, 5) is 24.2. The molecule has 188 valence electrons. The van der Waals surface area contributed by atoms with Crippen LogP contribution in [0.2, 0.25) is 0 Å². The first-order chi connectivity index (χ1) is 17.8. The maximum atomic E-state index is 13.5. The quantitative estimate of drug-likeness (QED) is 0.316. The summed E-state index contributed by atoms with van der Waals surface area (Å²) in [7, 11) is -4.05. The van der Waals surface area contributed by atoms with Gasteiger partial charge in [-0.05, 0) is 72.8 Å². The smallest absolute Gasteiger partial charge is 0.264 e. The molecule has 0 unspecified atom stereocenters. The number of sulfonamides is 1. The summed E-state index contributed by atoms with van der Waals surface area (Å²) in [5.41, 5.74) is 1.35. The van der Waals surface area contributed by atoms with Crippen LogP contribution in [0.15, 0.2) is 114 Å². The van der Waals surface area contributed by atoms with Crippen molar-refractivity contribution in [3.8, 4) is 11.5 Å². The molecule has 0 fully saturated rings. The molecule has 0 atom stereocenters. The van der Waals surface area contributed by atoms with Crippen molar-refractivity contribution in [1.82, 2.24) is 0 Å². The van der Waals surface area contributed by atoms with Crippen LogP contribution < -0.4 is 19.7 Å². The summed E-state index contributed by atoms with van der Waals surface area (Å²) < 4.78 is 33.9. The first-order valence-corrected chi connectivity index (χ1v) is 12.8. The van der Waals surface area contributed by atoms with Crippen LogP contribution in [0, 0.1) is 0 Å². The van der Waals surface area contributed by atoms with Gasteiger partial charge in [0.2, 0.25) is 11.8 Å². The van der Waals surface area contributed by atoms with Gasteiger partial charge in [-0.3, -0.25) is 13.9 Å². The van der Waals surface area contributed by atoms with Crippen molar-refractivity contribution < 1.29 is 22.7 Å². The maximum absolute atomic E-state index is 13.5. The van der Waals surface area contributed by atoms with E-state index >= 15 is 0 Å². The van der Waals surface area contributed by atoms with Crippen molar-refractivity contribution in [3.63, 3.8) is 0 Å². The highest BCUT2D eigenvalue weighted by atomic mass is 32.2. The predicted octanol–water partition coefficient (Wildman–Crippen LogP) is 5.27. The Hall–Kier alpha value is -4.63. The maximum Gasteiger partial charge on any atom is 0.264 e. The Kier molecular flexibility index (Phi) is 7.85. The molecule has 0 aliphatic heterocycles. The fourth-order valence-electron chi connectivity index (χ4n) is 3.51. The van der Waals surface area contributed by atoms with E-state index in [1.165, 1.54) is 19.1 Å². The molecule has 0 bridgehead atoms. The number of nitrogens with one attached hydrogen (secondary N) is 2. The van der Waals surface area contributed by atoms with E-state index in [0.29, 0.717) is 28.6 Å². The minimum atomic E-state index is -4.05. The van der Waals surface area contributed by atoms with Crippen molar-refractivity contribution in [3.05, 3.63) is 109 Å². The molecule has 2 amide bonds. The average Bonchev–Trinajstić information content (AvgIpc) is 2.90. The van der Waals surface area contributed by atoms with Crippen LogP contribution in [0.1, 0.15) is 6.92 Å². The number of nitrogens with zero attached hydrogens (tertiary/aromatic N) is 1. The third kappa shape index (κ3) is 6.74. The molecule has 0 spiro atoms. The molecule has 0 aromatic heterocycles. The lowest BCUT2D eigenvalue weighted by molar-refractivity contribution is -0.115. The molecule has 0 radical (unpaired) electrons. The second-order valence-electron chi connectivity index (χ2n) is 8.04. The highest BCUT2D eigenvalue weighted by Crippen LogP contribution is 2.28. The number of hydrogen-bond donors (Lipinski definition) is 2. The Morgan fingerprint density at radius 2 is 1.22 bits per heavy atom. The number of carbonyl (C=O) groups excluding carboxylic acids is 2. The third-order valence-electron chi connectivity index (χ3n) is 5.21. The lowest BCUT2D eigenvalue weighted by Gasteiger charge is -2.24. The van der Waals surface area contributed by atoms with E-state index < -0.39 is 22.5 Å². The highest BCUT2D eigenvalue weighted by Gasteiger charge is 2.27. The fourth-order valence-corrected chi connectivity index (χ4v) is 4.95. The van der Waals surface area contributed by atoms with Crippen molar-refractivity contribution in [2.24, 2.45) is 0 Å². The second-order valence-corrected chi connectivity index (χ2v) is 9.90. The van der Waals surface area contributed by atoms with Crippen molar-refractivity contribution in [2.75, 3.05) is 21.5 Å². The van der Waals surface area contributed by atoms with E-state index in [1.54, 1.807) is 66.7 Å². The summed E-state index contributed by atoms with van der Waals surface area (Å²) in [6.07, 6.45) is 0. The van der Waals surface area contributed by atoms with E-state index in [0.717, 1.165) is 4.31 Å². The van der Waals surface area contributed by atoms with Gasteiger partial charge < -0.3 is 15.4 Å². The minimum absolute atomic E-state index is 0.0621. The van der Waals surface area contributed by atoms with Crippen LogP contribution in [0.25, 0.3) is 0 Å². The second kappa shape index (κ2) is 11.4. The van der Waals surface area contributed by atoms with E-state index in [1.807, 2.05) is 30.3 Å². The Morgan fingerprint density at radius 3 is 1.78 bits per heavy atom. The average molecular weight is 516 g/mol. The van der Waals surface area contributed by atoms with Gasteiger partial charge in [0.15, 0.2) is 0 Å². The molecule has 0 aliphatic rings. The molecule has 4 aromatic rings. The summed E-state index contributed by atoms with van der Waals surface area (Å²) in [5.74, 6) is 0.429. The topological polar surface area (TPSA) is 105 Å². The van der Waals surface area contributed by atoms with E-state index in [4.69, 9.17) is 4.74 Å². The zero-order chi connectivity index (χ0) is 26.3. The van der Waals surface area contributed by atoms with Gasteiger partial charge >= 0.3 is 0 Å². The third-order valence-corrected chi connectivity index (χ3v) is 7.00. The summed E-state index contributed by atoms with van der Waals surface area (Å²) in [5, 5.41) is 5.36. The molecule has 0 saturated carbocycles. The first kappa shape index (κ1) is 25.5. The largest absolute Gasteiger partial charge is 0.457 e. The lowest BCUT2D eigenvalue weighted by Crippen LogP contribution is -2.38. The van der Waals surface area contributed by atoms with E-state index in [9.17, 15) is 18.0 Å². The van der Waals surface area contributed by atoms with Gasteiger partial charge in [-0.15, -0.1) is 0 Å².